The minimum atomic E-state index is -4.55. The van der Waals surface area contributed by atoms with Crippen LogP contribution in [-0.2, 0) is 27.9 Å². The molecule has 0 heterocycles. The SMILES string of the molecule is CC/C=C\C/C=C\C/C=C\C/C=C\C/C=C\CC(=O)OC(COCCCCCCCCC/C=C\C/C=C\C/C=C\CCCCCCC)COP(=O)(O)OCC(O)CO. The van der Waals surface area contributed by atoms with E-state index in [9.17, 15) is 19.4 Å². The molecule has 9 nitrogen and oxygen atoms in total. The van der Waals surface area contributed by atoms with E-state index in [1.165, 1.54) is 64.2 Å². The lowest BCUT2D eigenvalue weighted by Gasteiger charge is -2.20. The Balaban J connectivity index is 4.29. The normalized spacial score (nSPS) is 14.9. The molecule has 3 unspecified atom stereocenters. The molecule has 0 aliphatic carbocycles. The fourth-order valence-corrected chi connectivity index (χ4v) is 6.23. The number of aliphatic hydroxyl groups excluding tert-OH is 2. The lowest BCUT2D eigenvalue weighted by atomic mass is 10.1. The molecule has 0 rings (SSSR count). The Hall–Kier alpha value is -2.62. The predicted octanol–water partition coefficient (Wildman–Crippen LogP) is 12.5. The highest BCUT2D eigenvalue weighted by Gasteiger charge is 2.26. The minimum absolute atomic E-state index is 0.00369. The molecular formula is C48H81O9P. The summed E-state index contributed by atoms with van der Waals surface area (Å²) in [5, 5.41) is 18.3. The standard InChI is InChI=1S/C48H81O9P/c1-3-5-7-9-11-13-15-17-19-20-21-22-23-24-25-27-29-31-33-35-37-39-41-54-44-47(45-56-58(52,53)55-43-46(50)42-49)57-48(51)40-38-36-34-32-30-28-26-18-16-14-12-10-8-6-4-2/h6,8,12,14-15,17-18,20-21,23-24,26,30,32,36,38,46-47,49-50H,3-5,7,9-11,13,16,19,22,25,27-29,31,33-35,37,39-45H2,1-2H3,(H,52,53)/b8-6-,14-12-,17-15-,21-20-,24-23-,26-18-,32-30-,38-36-. The third-order valence-corrected chi connectivity index (χ3v) is 9.74. The Bertz CT molecular complexity index is 1220. The number of carbonyl (C=O) groups is 1. The summed E-state index contributed by atoms with van der Waals surface area (Å²) in [5.41, 5.74) is 0. The Labute approximate surface area is 353 Å². The number of ether oxygens (including phenoxy) is 2. The first kappa shape index (κ1) is 55.4. The molecule has 0 aromatic heterocycles. The van der Waals surface area contributed by atoms with Crippen molar-refractivity contribution in [2.75, 3.05) is 33.0 Å². The maximum absolute atomic E-state index is 12.5. The summed E-state index contributed by atoms with van der Waals surface area (Å²) in [6, 6.07) is 0. The molecule has 3 atom stereocenters. The summed E-state index contributed by atoms with van der Waals surface area (Å²) >= 11 is 0. The number of aliphatic hydroxyl groups is 2. The van der Waals surface area contributed by atoms with E-state index < -0.39 is 45.8 Å². The molecule has 10 heteroatoms. The van der Waals surface area contributed by atoms with E-state index in [0.717, 1.165) is 64.2 Å². The smallest absolute Gasteiger partial charge is 0.457 e. The van der Waals surface area contributed by atoms with Crippen LogP contribution < -0.4 is 0 Å². The van der Waals surface area contributed by atoms with Crippen molar-refractivity contribution in [3.63, 3.8) is 0 Å². The second-order valence-corrected chi connectivity index (χ2v) is 15.8. The van der Waals surface area contributed by atoms with Gasteiger partial charge in [-0.2, -0.15) is 0 Å². The molecule has 0 amide bonds. The molecule has 0 spiro atoms. The summed E-state index contributed by atoms with van der Waals surface area (Å²) in [7, 11) is -4.55. The zero-order valence-electron chi connectivity index (χ0n) is 36.2. The lowest BCUT2D eigenvalue weighted by Crippen LogP contribution is -2.28. The summed E-state index contributed by atoms with van der Waals surface area (Å²) in [5.74, 6) is -0.516. The van der Waals surface area contributed by atoms with E-state index in [2.05, 4.69) is 92.8 Å². The number of allylic oxidation sites excluding steroid dienone is 15. The number of phosphoric acid groups is 1. The van der Waals surface area contributed by atoms with E-state index in [4.69, 9.17) is 23.6 Å². The molecule has 0 radical (unpaired) electrons. The van der Waals surface area contributed by atoms with Crippen LogP contribution in [0.2, 0.25) is 0 Å². The van der Waals surface area contributed by atoms with Crippen molar-refractivity contribution in [2.24, 2.45) is 0 Å². The van der Waals surface area contributed by atoms with Crippen LogP contribution in [0.3, 0.4) is 0 Å². The van der Waals surface area contributed by atoms with E-state index in [1.54, 1.807) is 6.08 Å². The molecule has 0 saturated carbocycles. The molecular weight excluding hydrogens is 751 g/mol. The van der Waals surface area contributed by atoms with Crippen molar-refractivity contribution < 1.29 is 43.0 Å². The summed E-state index contributed by atoms with van der Waals surface area (Å²) < 4.78 is 33.2. The van der Waals surface area contributed by atoms with Crippen molar-refractivity contribution in [3.05, 3.63) is 97.2 Å². The molecule has 3 N–H and O–H groups in total. The largest absolute Gasteiger partial charge is 0.472 e. The maximum Gasteiger partial charge on any atom is 0.472 e. The predicted molar refractivity (Wildman–Crippen MR) is 242 cm³/mol. The zero-order chi connectivity index (χ0) is 42.5. The van der Waals surface area contributed by atoms with Gasteiger partial charge in [-0.05, 0) is 77.0 Å². The highest BCUT2D eigenvalue weighted by molar-refractivity contribution is 7.47. The van der Waals surface area contributed by atoms with Crippen molar-refractivity contribution in [1.29, 1.82) is 0 Å². The minimum Gasteiger partial charge on any atom is -0.457 e. The van der Waals surface area contributed by atoms with E-state index in [0.29, 0.717) is 13.0 Å². The first-order chi connectivity index (χ1) is 28.3. The molecule has 0 fully saturated rings. The summed E-state index contributed by atoms with van der Waals surface area (Å²) in [6.45, 7) is 3.21. The van der Waals surface area contributed by atoms with Gasteiger partial charge in [-0.3, -0.25) is 13.8 Å². The number of carbonyl (C=O) groups excluding carboxylic acids is 1. The van der Waals surface area contributed by atoms with Gasteiger partial charge in [0, 0.05) is 6.61 Å². The van der Waals surface area contributed by atoms with Gasteiger partial charge in [0.1, 0.15) is 12.2 Å². The van der Waals surface area contributed by atoms with Crippen LogP contribution in [0.5, 0.6) is 0 Å². The summed E-state index contributed by atoms with van der Waals surface area (Å²) in [4.78, 5) is 22.5. The number of esters is 1. The molecule has 0 aromatic carbocycles. The Morgan fingerprint density at radius 2 is 0.983 bits per heavy atom. The average molecular weight is 833 g/mol. The van der Waals surface area contributed by atoms with Crippen molar-refractivity contribution in [2.45, 2.75) is 167 Å². The van der Waals surface area contributed by atoms with Gasteiger partial charge < -0.3 is 24.6 Å². The molecule has 0 bridgehead atoms. The number of hydrogen-bond acceptors (Lipinski definition) is 8. The number of rotatable bonds is 41. The zero-order valence-corrected chi connectivity index (χ0v) is 37.1. The quantitative estimate of drug-likeness (QED) is 0.0238. The molecule has 332 valence electrons. The highest BCUT2D eigenvalue weighted by atomic mass is 31.2. The fraction of sp³-hybridized carbons (Fsp3) is 0.646. The van der Waals surface area contributed by atoms with Crippen molar-refractivity contribution in [3.8, 4) is 0 Å². The number of hydrogen-bond donors (Lipinski definition) is 3. The van der Waals surface area contributed by atoms with E-state index >= 15 is 0 Å². The summed E-state index contributed by atoms with van der Waals surface area (Å²) in [6.07, 6.45) is 55.4. The monoisotopic (exact) mass is 833 g/mol. The third kappa shape index (κ3) is 43.0. The molecule has 0 aromatic rings. The van der Waals surface area contributed by atoms with Gasteiger partial charge in [-0.15, -0.1) is 0 Å². The van der Waals surface area contributed by atoms with E-state index in [1.807, 2.05) is 12.2 Å². The van der Waals surface area contributed by atoms with Crippen LogP contribution in [-0.4, -0.2) is 66.3 Å². The van der Waals surface area contributed by atoms with Crippen LogP contribution >= 0.6 is 7.82 Å². The Morgan fingerprint density at radius 3 is 1.48 bits per heavy atom. The Kier molecular flexibility index (Phi) is 42.0. The number of unbranched alkanes of at least 4 members (excludes halogenated alkanes) is 12. The second kappa shape index (κ2) is 43.9. The second-order valence-electron chi connectivity index (χ2n) is 14.3. The van der Waals surface area contributed by atoms with Crippen LogP contribution in [0.25, 0.3) is 0 Å². The first-order valence-corrected chi connectivity index (χ1v) is 23.7. The Morgan fingerprint density at radius 1 is 0.552 bits per heavy atom. The number of phosphoric ester groups is 1. The van der Waals surface area contributed by atoms with Crippen molar-refractivity contribution in [1.82, 2.24) is 0 Å². The van der Waals surface area contributed by atoms with Crippen LogP contribution in [0.1, 0.15) is 155 Å². The molecule has 0 aliphatic heterocycles. The van der Waals surface area contributed by atoms with Crippen LogP contribution in [0.15, 0.2) is 97.2 Å². The molecule has 58 heavy (non-hydrogen) atoms. The van der Waals surface area contributed by atoms with Crippen LogP contribution in [0.4, 0.5) is 0 Å². The van der Waals surface area contributed by atoms with Gasteiger partial charge in [0.2, 0.25) is 0 Å². The lowest BCUT2D eigenvalue weighted by molar-refractivity contribution is -0.153. The van der Waals surface area contributed by atoms with E-state index in [-0.39, 0.29) is 13.0 Å². The fourth-order valence-electron chi connectivity index (χ4n) is 5.44. The van der Waals surface area contributed by atoms with Gasteiger partial charge in [0.15, 0.2) is 0 Å². The molecule has 0 saturated heterocycles. The highest BCUT2D eigenvalue weighted by Crippen LogP contribution is 2.43. The van der Waals surface area contributed by atoms with Crippen molar-refractivity contribution >= 4 is 13.8 Å². The van der Waals surface area contributed by atoms with Crippen LogP contribution in [0, 0.1) is 0 Å². The van der Waals surface area contributed by atoms with Gasteiger partial charge in [0.05, 0.1) is 32.8 Å². The maximum atomic E-state index is 12.5. The van der Waals surface area contributed by atoms with Gasteiger partial charge in [-0.25, -0.2) is 4.57 Å². The topological polar surface area (TPSA) is 132 Å². The van der Waals surface area contributed by atoms with Gasteiger partial charge in [-0.1, -0.05) is 169 Å². The average Bonchev–Trinajstić information content (AvgIpc) is 3.21. The van der Waals surface area contributed by atoms with Gasteiger partial charge >= 0.3 is 13.8 Å². The van der Waals surface area contributed by atoms with Gasteiger partial charge in [0.25, 0.3) is 0 Å². The first-order valence-electron chi connectivity index (χ1n) is 22.2. The third-order valence-electron chi connectivity index (χ3n) is 8.79. The molecule has 0 aliphatic rings.